The van der Waals surface area contributed by atoms with E-state index in [2.05, 4.69) is 5.32 Å². The molecule has 2 aromatic carbocycles. The normalized spacial score (nSPS) is 11.3. The summed E-state index contributed by atoms with van der Waals surface area (Å²) in [7, 11) is 2.98. The van der Waals surface area contributed by atoms with Crippen LogP contribution in [0.1, 0.15) is 18.5 Å². The third-order valence-corrected chi connectivity index (χ3v) is 3.70. The van der Waals surface area contributed by atoms with Crippen LogP contribution in [0.2, 0.25) is 0 Å². The second kappa shape index (κ2) is 8.70. The van der Waals surface area contributed by atoms with Gasteiger partial charge in [-0.05, 0) is 19.1 Å². The van der Waals surface area contributed by atoms with Gasteiger partial charge in [0.2, 0.25) is 0 Å². The summed E-state index contributed by atoms with van der Waals surface area (Å²) in [5.41, 5.74) is 0.680. The fraction of sp³-hybridized carbons (Fsp3) is 0.278. The predicted octanol–water partition coefficient (Wildman–Crippen LogP) is 2.87. The molecule has 8 heteroatoms. The van der Waals surface area contributed by atoms with Gasteiger partial charge >= 0.3 is 0 Å². The standard InChI is InChI=1S/C18H20N2O6/c1-12(14-6-4-5-7-15(14)24-2)19-18(21)11-26-17-10-13(20(22)23)8-9-16(17)25-3/h4-10,12H,11H2,1-3H3,(H,19,21). The van der Waals surface area contributed by atoms with Gasteiger partial charge in [-0.1, -0.05) is 18.2 Å². The van der Waals surface area contributed by atoms with Gasteiger partial charge in [0.15, 0.2) is 18.1 Å². The number of rotatable bonds is 8. The van der Waals surface area contributed by atoms with Crippen molar-refractivity contribution in [1.29, 1.82) is 0 Å². The summed E-state index contributed by atoms with van der Waals surface area (Å²) in [5, 5.41) is 13.7. The van der Waals surface area contributed by atoms with Gasteiger partial charge in [-0.2, -0.15) is 0 Å². The lowest BCUT2D eigenvalue weighted by Crippen LogP contribution is -2.31. The molecule has 0 aliphatic rings. The zero-order valence-corrected chi connectivity index (χ0v) is 14.7. The molecule has 0 heterocycles. The average Bonchev–Trinajstić information content (AvgIpc) is 2.65. The maximum atomic E-state index is 12.2. The lowest BCUT2D eigenvalue weighted by atomic mass is 10.1. The Morgan fingerprint density at radius 2 is 1.81 bits per heavy atom. The quantitative estimate of drug-likeness (QED) is 0.574. The predicted molar refractivity (Wildman–Crippen MR) is 94.7 cm³/mol. The zero-order valence-electron chi connectivity index (χ0n) is 14.7. The Morgan fingerprint density at radius 3 is 2.46 bits per heavy atom. The maximum absolute atomic E-state index is 12.2. The van der Waals surface area contributed by atoms with Crippen LogP contribution in [0.5, 0.6) is 17.2 Å². The second-order valence-corrected chi connectivity index (χ2v) is 5.41. The molecule has 0 aliphatic carbocycles. The van der Waals surface area contributed by atoms with Crippen molar-refractivity contribution < 1.29 is 23.9 Å². The van der Waals surface area contributed by atoms with Gasteiger partial charge < -0.3 is 19.5 Å². The van der Waals surface area contributed by atoms with E-state index in [9.17, 15) is 14.9 Å². The van der Waals surface area contributed by atoms with Gasteiger partial charge in [-0.3, -0.25) is 14.9 Å². The van der Waals surface area contributed by atoms with Gasteiger partial charge in [0.25, 0.3) is 11.6 Å². The second-order valence-electron chi connectivity index (χ2n) is 5.41. The summed E-state index contributed by atoms with van der Waals surface area (Å²) in [6, 6.07) is 11.0. The molecule has 0 saturated heterocycles. The SMILES string of the molecule is COc1ccc([N+](=O)[O-])cc1OCC(=O)NC(C)c1ccccc1OC. The molecule has 8 nitrogen and oxygen atoms in total. The zero-order chi connectivity index (χ0) is 19.1. The molecule has 0 fully saturated rings. The molecule has 0 bridgehead atoms. The van der Waals surface area contributed by atoms with Crippen LogP contribution in [-0.2, 0) is 4.79 Å². The lowest BCUT2D eigenvalue weighted by Gasteiger charge is -2.17. The van der Waals surface area contributed by atoms with Crippen molar-refractivity contribution in [3.05, 3.63) is 58.1 Å². The fourth-order valence-electron chi connectivity index (χ4n) is 2.42. The summed E-state index contributed by atoms with van der Waals surface area (Å²) < 4.78 is 15.8. The fourth-order valence-corrected chi connectivity index (χ4v) is 2.42. The number of amides is 1. The van der Waals surface area contributed by atoms with Crippen LogP contribution in [0.25, 0.3) is 0 Å². The van der Waals surface area contributed by atoms with Gasteiger partial charge in [0, 0.05) is 11.6 Å². The van der Waals surface area contributed by atoms with Crippen LogP contribution < -0.4 is 19.5 Å². The average molecular weight is 360 g/mol. The summed E-state index contributed by atoms with van der Waals surface area (Å²) in [5.74, 6) is 0.724. The number of non-ortho nitro benzene ring substituents is 1. The van der Waals surface area contributed by atoms with E-state index in [1.54, 1.807) is 7.11 Å². The molecule has 26 heavy (non-hydrogen) atoms. The van der Waals surface area contributed by atoms with Crippen molar-refractivity contribution >= 4 is 11.6 Å². The van der Waals surface area contributed by atoms with E-state index in [1.807, 2.05) is 31.2 Å². The number of nitro groups is 1. The van der Waals surface area contributed by atoms with Crippen LogP contribution in [0.15, 0.2) is 42.5 Å². The number of benzene rings is 2. The largest absolute Gasteiger partial charge is 0.496 e. The molecular weight excluding hydrogens is 340 g/mol. The summed E-state index contributed by atoms with van der Waals surface area (Å²) in [6.07, 6.45) is 0. The first kappa shape index (κ1) is 19.0. The Kier molecular flexibility index (Phi) is 6.37. The highest BCUT2D eigenvalue weighted by molar-refractivity contribution is 5.78. The number of carbonyl (C=O) groups is 1. The van der Waals surface area contributed by atoms with E-state index in [1.165, 1.54) is 25.3 Å². The number of methoxy groups -OCH3 is 2. The molecule has 2 rings (SSSR count). The Hall–Kier alpha value is -3.29. The van der Waals surface area contributed by atoms with Crippen LogP contribution in [-0.4, -0.2) is 31.7 Å². The first-order valence-electron chi connectivity index (χ1n) is 7.83. The monoisotopic (exact) mass is 360 g/mol. The van der Waals surface area contributed by atoms with Gasteiger partial charge in [-0.25, -0.2) is 0 Å². The van der Waals surface area contributed by atoms with Gasteiger partial charge in [0.1, 0.15) is 5.75 Å². The maximum Gasteiger partial charge on any atom is 0.273 e. The van der Waals surface area contributed by atoms with E-state index in [0.29, 0.717) is 11.5 Å². The van der Waals surface area contributed by atoms with E-state index in [0.717, 1.165) is 5.56 Å². The minimum atomic E-state index is -0.546. The van der Waals surface area contributed by atoms with Crippen molar-refractivity contribution in [3.8, 4) is 17.2 Å². The molecule has 0 radical (unpaired) electrons. The number of para-hydroxylation sites is 1. The van der Waals surface area contributed by atoms with Crippen LogP contribution in [0, 0.1) is 10.1 Å². The van der Waals surface area contributed by atoms with E-state index in [-0.39, 0.29) is 30.0 Å². The number of nitro benzene ring substituents is 1. The smallest absolute Gasteiger partial charge is 0.273 e. The van der Waals surface area contributed by atoms with Gasteiger partial charge in [-0.15, -0.1) is 0 Å². The Morgan fingerprint density at radius 1 is 1.12 bits per heavy atom. The molecule has 138 valence electrons. The minimum Gasteiger partial charge on any atom is -0.496 e. The van der Waals surface area contributed by atoms with Crippen molar-refractivity contribution in [3.63, 3.8) is 0 Å². The van der Waals surface area contributed by atoms with Crippen molar-refractivity contribution in [2.45, 2.75) is 13.0 Å². The molecule has 1 unspecified atom stereocenters. The van der Waals surface area contributed by atoms with E-state index >= 15 is 0 Å². The number of hydrogen-bond donors (Lipinski definition) is 1. The molecule has 2 aromatic rings. The van der Waals surface area contributed by atoms with Crippen LogP contribution in [0.4, 0.5) is 5.69 Å². The van der Waals surface area contributed by atoms with E-state index < -0.39 is 4.92 Å². The first-order chi connectivity index (χ1) is 12.5. The molecule has 0 spiro atoms. The molecule has 1 N–H and O–H groups in total. The number of ether oxygens (including phenoxy) is 3. The number of nitrogens with one attached hydrogen (secondary N) is 1. The Labute approximate surface area is 150 Å². The van der Waals surface area contributed by atoms with Crippen LogP contribution >= 0.6 is 0 Å². The van der Waals surface area contributed by atoms with Crippen molar-refractivity contribution in [1.82, 2.24) is 5.32 Å². The molecule has 1 atom stereocenters. The van der Waals surface area contributed by atoms with Crippen LogP contribution in [0.3, 0.4) is 0 Å². The topological polar surface area (TPSA) is 99.9 Å². The Bertz CT molecular complexity index is 793. The lowest BCUT2D eigenvalue weighted by molar-refractivity contribution is -0.385. The molecular formula is C18H20N2O6. The molecule has 1 amide bonds. The Balaban J connectivity index is 2.02. The summed E-state index contributed by atoms with van der Waals surface area (Å²) in [6.45, 7) is 1.51. The number of nitrogens with zero attached hydrogens (tertiary/aromatic N) is 1. The minimum absolute atomic E-state index is 0.127. The third kappa shape index (κ3) is 4.62. The first-order valence-corrected chi connectivity index (χ1v) is 7.83. The van der Waals surface area contributed by atoms with Crippen molar-refractivity contribution in [2.75, 3.05) is 20.8 Å². The highest BCUT2D eigenvalue weighted by atomic mass is 16.6. The molecule has 0 saturated carbocycles. The highest BCUT2D eigenvalue weighted by Gasteiger charge is 2.16. The molecule has 0 aromatic heterocycles. The summed E-state index contributed by atoms with van der Waals surface area (Å²) in [4.78, 5) is 22.5. The van der Waals surface area contributed by atoms with E-state index in [4.69, 9.17) is 14.2 Å². The number of carbonyl (C=O) groups excluding carboxylic acids is 1. The third-order valence-electron chi connectivity index (χ3n) is 3.70. The highest BCUT2D eigenvalue weighted by Crippen LogP contribution is 2.31. The van der Waals surface area contributed by atoms with Crippen molar-refractivity contribution in [2.24, 2.45) is 0 Å². The number of hydrogen-bond acceptors (Lipinski definition) is 6. The summed E-state index contributed by atoms with van der Waals surface area (Å²) >= 11 is 0. The molecule has 0 aliphatic heterocycles. The van der Waals surface area contributed by atoms with Gasteiger partial charge in [0.05, 0.1) is 31.3 Å².